The number of nitrogens with zero attached hydrogens (tertiary/aromatic N) is 1. The fourth-order valence-corrected chi connectivity index (χ4v) is 1.88. The van der Waals surface area contributed by atoms with Gasteiger partial charge in [-0.25, -0.2) is 9.59 Å². The van der Waals surface area contributed by atoms with Gasteiger partial charge in [0.2, 0.25) is 6.10 Å². The number of carbonyl (C=O) groups is 2. The van der Waals surface area contributed by atoms with Gasteiger partial charge in [-0.05, 0) is 18.2 Å². The Labute approximate surface area is 111 Å². The summed E-state index contributed by atoms with van der Waals surface area (Å²) in [5.74, 6) is -1.07. The summed E-state index contributed by atoms with van der Waals surface area (Å²) in [4.78, 5) is 25.2. The van der Waals surface area contributed by atoms with E-state index in [0.29, 0.717) is 23.4 Å². The molecular weight excluding hydrogens is 248 g/mol. The lowest BCUT2D eigenvalue weighted by Crippen LogP contribution is -2.24. The Bertz CT molecular complexity index is 513. The second-order valence-electron chi connectivity index (χ2n) is 4.52. The number of hydrogen-bond acceptors (Lipinski definition) is 6. The van der Waals surface area contributed by atoms with Gasteiger partial charge in [0, 0.05) is 26.2 Å². The van der Waals surface area contributed by atoms with Crippen molar-refractivity contribution in [2.24, 2.45) is 0 Å². The van der Waals surface area contributed by atoms with Crippen LogP contribution in [0.25, 0.3) is 0 Å². The molecule has 1 fully saturated rings. The third-order valence-electron chi connectivity index (χ3n) is 2.86. The monoisotopic (exact) mass is 264 g/mol. The van der Waals surface area contributed by atoms with Crippen molar-refractivity contribution in [1.82, 2.24) is 0 Å². The number of ether oxygens (including phenoxy) is 2. The average molecular weight is 264 g/mol. The number of rotatable bonds is 3. The summed E-state index contributed by atoms with van der Waals surface area (Å²) in [7, 11) is 3.62. The minimum atomic E-state index is -0.816. The van der Waals surface area contributed by atoms with Crippen LogP contribution in [0.1, 0.15) is 16.8 Å². The van der Waals surface area contributed by atoms with Crippen molar-refractivity contribution in [3.05, 3.63) is 23.8 Å². The van der Waals surface area contributed by atoms with Crippen LogP contribution in [0.4, 0.5) is 11.4 Å². The molecule has 6 heteroatoms. The minimum Gasteiger partial charge on any atom is -0.463 e. The molecule has 1 atom stereocenters. The second-order valence-corrected chi connectivity index (χ2v) is 4.52. The summed E-state index contributed by atoms with van der Waals surface area (Å²) < 4.78 is 9.91. The van der Waals surface area contributed by atoms with Crippen molar-refractivity contribution in [3.8, 4) is 0 Å². The maximum atomic E-state index is 12.1. The van der Waals surface area contributed by atoms with E-state index in [1.807, 2.05) is 14.1 Å². The Kier molecular flexibility index (Phi) is 3.59. The summed E-state index contributed by atoms with van der Waals surface area (Å²) in [6, 6.07) is 4.98. The third-order valence-corrected chi connectivity index (χ3v) is 2.86. The lowest BCUT2D eigenvalue weighted by atomic mass is 10.1. The van der Waals surface area contributed by atoms with E-state index in [-0.39, 0.29) is 6.61 Å². The van der Waals surface area contributed by atoms with Gasteiger partial charge in [-0.1, -0.05) is 0 Å². The number of anilines is 2. The van der Waals surface area contributed by atoms with Crippen LogP contribution in [0.3, 0.4) is 0 Å². The average Bonchev–Trinajstić information content (AvgIpc) is 2.74. The first-order valence-electron chi connectivity index (χ1n) is 5.93. The van der Waals surface area contributed by atoms with E-state index in [4.69, 9.17) is 15.2 Å². The summed E-state index contributed by atoms with van der Waals surface area (Å²) >= 11 is 0. The molecule has 1 aliphatic rings. The molecular formula is C13H16N2O4. The first-order valence-corrected chi connectivity index (χ1v) is 5.93. The van der Waals surface area contributed by atoms with Crippen LogP contribution >= 0.6 is 0 Å². The predicted molar refractivity (Wildman–Crippen MR) is 70.0 cm³/mol. The van der Waals surface area contributed by atoms with Crippen molar-refractivity contribution in [2.45, 2.75) is 12.5 Å². The lowest BCUT2D eigenvalue weighted by molar-refractivity contribution is -0.145. The van der Waals surface area contributed by atoms with Crippen LogP contribution in [0.2, 0.25) is 0 Å². The largest absolute Gasteiger partial charge is 0.463 e. The number of cyclic esters (lactones) is 1. The Morgan fingerprint density at radius 3 is 2.79 bits per heavy atom. The van der Waals surface area contributed by atoms with E-state index in [1.165, 1.54) is 6.07 Å². The molecule has 1 unspecified atom stereocenters. The lowest BCUT2D eigenvalue weighted by Gasteiger charge is -2.18. The van der Waals surface area contributed by atoms with Crippen molar-refractivity contribution >= 4 is 23.3 Å². The third kappa shape index (κ3) is 2.78. The van der Waals surface area contributed by atoms with Gasteiger partial charge in [0.1, 0.15) is 0 Å². The topological polar surface area (TPSA) is 81.9 Å². The normalized spacial score (nSPS) is 18.0. The molecule has 19 heavy (non-hydrogen) atoms. The Morgan fingerprint density at radius 2 is 2.21 bits per heavy atom. The molecule has 0 radical (unpaired) electrons. The van der Waals surface area contributed by atoms with Gasteiger partial charge in [-0.2, -0.15) is 0 Å². The fourth-order valence-electron chi connectivity index (χ4n) is 1.88. The number of hydrogen-bond donors (Lipinski definition) is 1. The van der Waals surface area contributed by atoms with Crippen LogP contribution in [0.15, 0.2) is 18.2 Å². The Morgan fingerprint density at radius 1 is 1.47 bits per heavy atom. The molecule has 1 aromatic carbocycles. The van der Waals surface area contributed by atoms with E-state index in [2.05, 4.69) is 0 Å². The zero-order valence-electron chi connectivity index (χ0n) is 10.9. The zero-order valence-corrected chi connectivity index (χ0v) is 10.9. The molecule has 2 N–H and O–H groups in total. The first kappa shape index (κ1) is 13.2. The van der Waals surface area contributed by atoms with Crippen molar-refractivity contribution in [1.29, 1.82) is 0 Å². The van der Waals surface area contributed by atoms with Crippen LogP contribution < -0.4 is 10.6 Å². The molecule has 0 aromatic heterocycles. The van der Waals surface area contributed by atoms with Crippen LogP contribution in [0, 0.1) is 0 Å². The summed E-state index contributed by atoms with van der Waals surface area (Å²) in [5.41, 5.74) is 7.17. The van der Waals surface area contributed by atoms with Gasteiger partial charge in [0.05, 0.1) is 17.9 Å². The van der Waals surface area contributed by atoms with Crippen molar-refractivity contribution in [3.63, 3.8) is 0 Å². The predicted octanol–water partition coefficient (Wildman–Crippen LogP) is 0.807. The van der Waals surface area contributed by atoms with Gasteiger partial charge in [-0.15, -0.1) is 0 Å². The molecule has 102 valence electrons. The van der Waals surface area contributed by atoms with E-state index in [9.17, 15) is 9.59 Å². The van der Waals surface area contributed by atoms with E-state index < -0.39 is 18.0 Å². The highest BCUT2D eigenvalue weighted by Gasteiger charge is 2.31. The van der Waals surface area contributed by atoms with Crippen molar-refractivity contribution in [2.75, 3.05) is 31.3 Å². The highest BCUT2D eigenvalue weighted by molar-refractivity contribution is 5.98. The maximum Gasteiger partial charge on any atom is 0.347 e. The molecule has 0 spiro atoms. The zero-order chi connectivity index (χ0) is 14.0. The number of esters is 2. The fraction of sp³-hybridized carbons (Fsp3) is 0.385. The van der Waals surface area contributed by atoms with Crippen LogP contribution in [-0.2, 0) is 14.3 Å². The minimum absolute atomic E-state index is 0.286. The highest BCUT2D eigenvalue weighted by atomic mass is 16.6. The molecule has 0 bridgehead atoms. The molecule has 1 aromatic rings. The maximum absolute atomic E-state index is 12.1. The molecule has 0 saturated carbocycles. The van der Waals surface area contributed by atoms with Gasteiger partial charge < -0.3 is 20.1 Å². The van der Waals surface area contributed by atoms with E-state index in [0.717, 1.165) is 0 Å². The van der Waals surface area contributed by atoms with Gasteiger partial charge >= 0.3 is 11.9 Å². The van der Waals surface area contributed by atoms with Gasteiger partial charge in [0.15, 0.2) is 0 Å². The van der Waals surface area contributed by atoms with Gasteiger partial charge in [-0.3, -0.25) is 0 Å². The quantitative estimate of drug-likeness (QED) is 0.642. The molecule has 2 rings (SSSR count). The summed E-state index contributed by atoms with van der Waals surface area (Å²) in [6.45, 7) is 0.286. The molecule has 1 aliphatic heterocycles. The SMILES string of the molecule is CN(C)c1ccc(N)cc1C(=O)OC1CCOC1=O. The van der Waals surface area contributed by atoms with Crippen LogP contribution in [0.5, 0.6) is 0 Å². The summed E-state index contributed by atoms with van der Waals surface area (Å²) in [6.07, 6.45) is -0.423. The number of benzene rings is 1. The second kappa shape index (κ2) is 5.17. The molecule has 0 amide bonds. The molecule has 0 aliphatic carbocycles. The smallest absolute Gasteiger partial charge is 0.347 e. The first-order chi connectivity index (χ1) is 8.99. The van der Waals surface area contributed by atoms with Gasteiger partial charge in [0.25, 0.3) is 0 Å². The van der Waals surface area contributed by atoms with E-state index in [1.54, 1.807) is 17.0 Å². The van der Waals surface area contributed by atoms with E-state index >= 15 is 0 Å². The van der Waals surface area contributed by atoms with Crippen LogP contribution in [-0.4, -0.2) is 38.7 Å². The Hall–Kier alpha value is -2.24. The number of nitrogens with two attached hydrogens (primary N) is 1. The molecule has 1 heterocycles. The highest BCUT2D eigenvalue weighted by Crippen LogP contribution is 2.23. The molecule has 1 saturated heterocycles. The Balaban J connectivity index is 2.22. The number of nitrogen functional groups attached to an aromatic ring is 1. The number of carbonyl (C=O) groups excluding carboxylic acids is 2. The molecule has 6 nitrogen and oxygen atoms in total. The summed E-state index contributed by atoms with van der Waals surface area (Å²) in [5, 5.41) is 0. The standard InChI is InChI=1S/C13H16N2O4/c1-15(2)10-4-3-8(14)7-9(10)12(16)19-11-5-6-18-13(11)17/h3-4,7,11H,5-6,14H2,1-2H3. The van der Waals surface area contributed by atoms with Crippen molar-refractivity contribution < 1.29 is 19.1 Å².